The number of benzene rings is 1. The molecule has 2 N–H and O–H groups in total. The normalized spacial score (nSPS) is 13.5. The fraction of sp³-hybridized carbons (Fsp3) is 0.280. The van der Waals surface area contributed by atoms with Crippen LogP contribution in [0, 0.1) is 0 Å². The minimum atomic E-state index is 0.0248. The second kappa shape index (κ2) is 9.71. The number of carbonyl (C=O) groups is 1. The molecule has 0 radical (unpaired) electrons. The molecule has 0 saturated carbocycles. The number of fused-ring (bicyclic) bond motifs is 3. The van der Waals surface area contributed by atoms with Crippen molar-refractivity contribution >= 4 is 65.4 Å². The van der Waals surface area contributed by atoms with Crippen LogP contribution in [-0.2, 0) is 24.3 Å². The molecule has 0 aliphatic carbocycles. The number of pyridine rings is 1. The first-order chi connectivity index (χ1) is 17.1. The molecule has 178 valence electrons. The Balaban J connectivity index is 1.16. The van der Waals surface area contributed by atoms with Gasteiger partial charge < -0.3 is 10.6 Å². The summed E-state index contributed by atoms with van der Waals surface area (Å²) in [5, 5.41) is 9.59. The molecule has 1 aromatic carbocycles. The van der Waals surface area contributed by atoms with Crippen LogP contribution in [0.25, 0.3) is 31.0 Å². The predicted molar refractivity (Wildman–Crippen MR) is 145 cm³/mol. The molecule has 0 spiro atoms. The highest BCUT2D eigenvalue weighted by Gasteiger charge is 2.25. The monoisotopic (exact) mass is 520 g/mol. The van der Waals surface area contributed by atoms with Crippen LogP contribution < -0.4 is 10.6 Å². The number of nitrogens with zero attached hydrogens (tertiary/aromatic N) is 4. The van der Waals surface area contributed by atoms with Gasteiger partial charge in [0, 0.05) is 36.1 Å². The van der Waals surface area contributed by atoms with Gasteiger partial charge in [0.25, 0.3) is 0 Å². The molecule has 0 unspecified atom stereocenters. The van der Waals surface area contributed by atoms with Gasteiger partial charge in [0.2, 0.25) is 5.91 Å². The summed E-state index contributed by atoms with van der Waals surface area (Å²) < 4.78 is 2.31. The zero-order valence-corrected chi connectivity index (χ0v) is 21.7. The molecule has 7 nitrogen and oxygen atoms in total. The molecule has 4 aromatic heterocycles. The Hall–Kier alpha value is -2.76. The number of carbonyl (C=O) groups excluding carboxylic acids is 1. The number of nitrogens with one attached hydrogen (secondary N) is 2. The third-order valence-corrected chi connectivity index (χ3v) is 9.27. The third kappa shape index (κ3) is 4.72. The van der Waals surface area contributed by atoms with Gasteiger partial charge in [0.15, 0.2) is 0 Å². The van der Waals surface area contributed by atoms with Crippen molar-refractivity contribution < 1.29 is 4.79 Å². The van der Waals surface area contributed by atoms with Crippen molar-refractivity contribution in [3.05, 3.63) is 58.2 Å². The van der Waals surface area contributed by atoms with Gasteiger partial charge in [-0.1, -0.05) is 12.1 Å². The summed E-state index contributed by atoms with van der Waals surface area (Å²) in [4.78, 5) is 30.2. The molecule has 6 rings (SSSR count). The van der Waals surface area contributed by atoms with Gasteiger partial charge in [0.1, 0.15) is 20.5 Å². The highest BCUT2D eigenvalue weighted by atomic mass is 32.1. The van der Waals surface area contributed by atoms with Crippen LogP contribution >= 0.6 is 34.0 Å². The Morgan fingerprint density at radius 2 is 2.00 bits per heavy atom. The van der Waals surface area contributed by atoms with Crippen molar-refractivity contribution in [2.75, 3.05) is 25.5 Å². The zero-order chi connectivity index (χ0) is 23.8. The first kappa shape index (κ1) is 22.7. The van der Waals surface area contributed by atoms with E-state index in [-0.39, 0.29) is 5.91 Å². The maximum atomic E-state index is 13.0. The Morgan fingerprint density at radius 1 is 1.11 bits per heavy atom. The van der Waals surface area contributed by atoms with Gasteiger partial charge in [-0.2, -0.15) is 0 Å². The summed E-state index contributed by atoms with van der Waals surface area (Å²) in [6, 6.07) is 10.2. The molecular formula is C25H24N6OS3. The molecule has 1 aliphatic heterocycles. The molecule has 0 atom stereocenters. The number of thiazole rings is 2. The molecule has 35 heavy (non-hydrogen) atoms. The van der Waals surface area contributed by atoms with Crippen LogP contribution in [0.15, 0.2) is 42.7 Å². The van der Waals surface area contributed by atoms with E-state index in [1.54, 1.807) is 46.4 Å². The minimum Gasteiger partial charge on any atom is -0.317 e. The van der Waals surface area contributed by atoms with Gasteiger partial charge in [-0.3, -0.25) is 14.7 Å². The first-order valence-corrected chi connectivity index (χ1v) is 14.0. The molecule has 0 fully saturated rings. The summed E-state index contributed by atoms with van der Waals surface area (Å²) in [6.45, 7) is 3.17. The molecular weight excluding hydrogens is 497 g/mol. The summed E-state index contributed by atoms with van der Waals surface area (Å²) >= 11 is 5.04. The smallest absolute Gasteiger partial charge is 0.226 e. The quantitative estimate of drug-likeness (QED) is 0.309. The number of anilines is 1. The topological polar surface area (TPSA) is 83.0 Å². The second-order valence-corrected chi connectivity index (χ2v) is 11.9. The maximum absolute atomic E-state index is 13.0. The standard InChI is InChI=1S/C25H24N6OS3/c1-31(14-22-28-16-4-2-3-5-18(16)33-22)11-8-21(32)30-25-23(15-6-9-27-13-20(15)35-25)24-29-17-12-26-10-7-19(17)34-24/h2-5,7,10,12,27H,6,8-9,11,13-14H2,1H3,(H,30,32). The van der Waals surface area contributed by atoms with Crippen LogP contribution in [0.1, 0.15) is 21.9 Å². The molecule has 1 aliphatic rings. The lowest BCUT2D eigenvalue weighted by Crippen LogP contribution is -2.24. The number of hydrogen-bond acceptors (Lipinski definition) is 9. The van der Waals surface area contributed by atoms with E-state index in [0.717, 1.165) is 62.4 Å². The molecule has 0 saturated heterocycles. The van der Waals surface area contributed by atoms with Gasteiger partial charge >= 0.3 is 0 Å². The van der Waals surface area contributed by atoms with Crippen LogP contribution in [-0.4, -0.2) is 45.9 Å². The average Bonchev–Trinajstić information content (AvgIpc) is 3.56. The fourth-order valence-corrected chi connectivity index (χ4v) is 7.67. The second-order valence-electron chi connectivity index (χ2n) is 8.61. The van der Waals surface area contributed by atoms with Crippen LogP contribution in [0.4, 0.5) is 5.00 Å². The van der Waals surface area contributed by atoms with E-state index in [1.807, 2.05) is 31.3 Å². The number of aromatic nitrogens is 3. The van der Waals surface area contributed by atoms with Gasteiger partial charge in [-0.25, -0.2) is 9.97 Å². The lowest BCUT2D eigenvalue weighted by molar-refractivity contribution is -0.116. The van der Waals surface area contributed by atoms with Crippen molar-refractivity contribution in [3.8, 4) is 10.6 Å². The number of rotatable bonds is 7. The third-order valence-electron chi connectivity index (χ3n) is 6.05. The molecule has 0 bridgehead atoms. The summed E-state index contributed by atoms with van der Waals surface area (Å²) in [6.07, 6.45) is 4.96. The Kier molecular flexibility index (Phi) is 6.29. The SMILES string of the molecule is CN(CCC(=O)Nc1sc2c(c1-c1nc3cnccc3s1)CCNC2)Cc1nc2ccccc2s1. The Bertz CT molecular complexity index is 1450. The zero-order valence-electron chi connectivity index (χ0n) is 19.2. The number of amides is 1. The Morgan fingerprint density at radius 3 is 2.89 bits per heavy atom. The van der Waals surface area contributed by atoms with E-state index in [9.17, 15) is 4.79 Å². The molecule has 5 heterocycles. The fourth-order valence-electron chi connectivity index (χ4n) is 4.32. The largest absolute Gasteiger partial charge is 0.317 e. The summed E-state index contributed by atoms with van der Waals surface area (Å²) in [7, 11) is 2.04. The molecule has 10 heteroatoms. The van der Waals surface area contributed by atoms with E-state index < -0.39 is 0 Å². The van der Waals surface area contributed by atoms with E-state index in [2.05, 4.69) is 26.6 Å². The highest BCUT2D eigenvalue weighted by molar-refractivity contribution is 7.23. The highest BCUT2D eigenvalue weighted by Crippen LogP contribution is 2.44. The van der Waals surface area contributed by atoms with E-state index >= 15 is 0 Å². The van der Waals surface area contributed by atoms with E-state index in [1.165, 1.54) is 15.1 Å². The van der Waals surface area contributed by atoms with Gasteiger partial charge in [-0.05, 0) is 43.8 Å². The summed E-state index contributed by atoms with van der Waals surface area (Å²) in [5.41, 5.74) is 4.33. The molecule has 5 aromatic rings. The van der Waals surface area contributed by atoms with Crippen LogP contribution in [0.2, 0.25) is 0 Å². The van der Waals surface area contributed by atoms with E-state index in [0.29, 0.717) is 13.0 Å². The summed E-state index contributed by atoms with van der Waals surface area (Å²) in [5.74, 6) is 0.0248. The van der Waals surface area contributed by atoms with Crippen molar-refractivity contribution in [2.24, 2.45) is 0 Å². The predicted octanol–water partition coefficient (Wildman–Crippen LogP) is 5.14. The molecule has 1 amide bonds. The van der Waals surface area contributed by atoms with E-state index in [4.69, 9.17) is 9.97 Å². The number of hydrogen-bond donors (Lipinski definition) is 2. The lowest BCUT2D eigenvalue weighted by atomic mass is 10.0. The van der Waals surface area contributed by atoms with Crippen LogP contribution in [0.5, 0.6) is 0 Å². The van der Waals surface area contributed by atoms with Crippen molar-refractivity contribution in [2.45, 2.75) is 25.9 Å². The van der Waals surface area contributed by atoms with Crippen molar-refractivity contribution in [1.82, 2.24) is 25.2 Å². The first-order valence-electron chi connectivity index (χ1n) is 11.5. The van der Waals surface area contributed by atoms with Gasteiger partial charge in [-0.15, -0.1) is 34.0 Å². The number of thiophene rings is 1. The maximum Gasteiger partial charge on any atom is 0.226 e. The van der Waals surface area contributed by atoms with Crippen LogP contribution in [0.3, 0.4) is 0 Å². The average molecular weight is 521 g/mol. The number of para-hydroxylation sites is 1. The van der Waals surface area contributed by atoms with Crippen molar-refractivity contribution in [3.63, 3.8) is 0 Å². The Labute approximate surface area is 214 Å². The lowest BCUT2D eigenvalue weighted by Gasteiger charge is -2.15. The van der Waals surface area contributed by atoms with Crippen molar-refractivity contribution in [1.29, 1.82) is 0 Å². The minimum absolute atomic E-state index is 0.0248. The van der Waals surface area contributed by atoms with Gasteiger partial charge in [0.05, 0.1) is 27.7 Å².